The molecule has 2 fully saturated rings. The number of carbonyl (C=O) groups is 2. The number of urea groups is 1. The molecule has 0 aromatic heterocycles. The van der Waals surface area contributed by atoms with Gasteiger partial charge in [0.15, 0.2) is 17.2 Å². The summed E-state index contributed by atoms with van der Waals surface area (Å²) in [5, 5.41) is 6.32. The van der Waals surface area contributed by atoms with Crippen molar-refractivity contribution >= 4 is 17.6 Å². The molecule has 7 nitrogen and oxygen atoms in total. The second-order valence-electron chi connectivity index (χ2n) is 10.1. The number of hydrogen-bond donors (Lipinski definition) is 2. The standard InChI is InChI=1S/C28H35N3O4/c1-5-34-22-13-9-12-20-24-23(26(32)29-21-15-14-17(2)16-18(21)3)28(4,35-25(20)22)31(27(33)30-24)19-10-7-6-8-11-19/h9,12-16,19,23-24H,5-8,10-11H2,1-4H3,(H,29,32)(H,30,33)/t23-,24-,28-/m1/s1. The van der Waals surface area contributed by atoms with Gasteiger partial charge >= 0.3 is 6.03 Å². The Morgan fingerprint density at radius 1 is 1.20 bits per heavy atom. The fraction of sp³-hybridized carbons (Fsp3) is 0.500. The lowest BCUT2D eigenvalue weighted by molar-refractivity contribution is -0.163. The van der Waals surface area contributed by atoms with E-state index in [1.54, 1.807) is 4.90 Å². The molecule has 2 aliphatic heterocycles. The highest BCUT2D eigenvalue weighted by atomic mass is 16.5. The van der Waals surface area contributed by atoms with Crippen LogP contribution in [0.1, 0.15) is 68.7 Å². The summed E-state index contributed by atoms with van der Waals surface area (Å²) in [5.74, 6) is 0.428. The summed E-state index contributed by atoms with van der Waals surface area (Å²) in [5.41, 5.74) is 2.52. The van der Waals surface area contributed by atoms with Gasteiger partial charge in [0.05, 0.1) is 12.6 Å². The Kier molecular flexibility index (Phi) is 6.11. The maximum Gasteiger partial charge on any atom is 0.321 e. The fourth-order valence-corrected chi connectivity index (χ4v) is 6.11. The van der Waals surface area contributed by atoms with Gasteiger partial charge in [-0.15, -0.1) is 0 Å². The zero-order valence-electron chi connectivity index (χ0n) is 21.0. The number of nitrogens with one attached hydrogen (secondary N) is 2. The Hall–Kier alpha value is -3.22. The van der Waals surface area contributed by atoms with Crippen LogP contribution in [0.5, 0.6) is 11.5 Å². The van der Waals surface area contributed by atoms with Crippen molar-refractivity contribution < 1.29 is 19.1 Å². The molecule has 2 bridgehead atoms. The third kappa shape index (κ3) is 4.01. The Balaban J connectivity index is 1.59. The Labute approximate surface area is 207 Å². The zero-order valence-corrected chi connectivity index (χ0v) is 21.0. The van der Waals surface area contributed by atoms with E-state index in [0.717, 1.165) is 48.1 Å². The summed E-state index contributed by atoms with van der Waals surface area (Å²) in [6.07, 6.45) is 5.10. The number of nitrogens with zero attached hydrogens (tertiary/aromatic N) is 1. The van der Waals surface area contributed by atoms with Crippen molar-refractivity contribution in [3.8, 4) is 11.5 Å². The van der Waals surface area contributed by atoms with E-state index in [9.17, 15) is 9.59 Å². The van der Waals surface area contributed by atoms with E-state index in [-0.39, 0.29) is 18.0 Å². The summed E-state index contributed by atoms with van der Waals surface area (Å²) in [7, 11) is 0. The molecule has 186 valence electrons. The zero-order chi connectivity index (χ0) is 24.7. The molecule has 3 aliphatic rings. The van der Waals surface area contributed by atoms with Crippen molar-refractivity contribution in [1.29, 1.82) is 0 Å². The molecule has 5 rings (SSSR count). The van der Waals surface area contributed by atoms with Crippen LogP contribution in [-0.4, -0.2) is 35.2 Å². The van der Waals surface area contributed by atoms with Crippen LogP contribution in [0.25, 0.3) is 0 Å². The van der Waals surface area contributed by atoms with Crippen LogP contribution in [0, 0.1) is 19.8 Å². The van der Waals surface area contributed by atoms with Gasteiger partial charge in [-0.1, -0.05) is 49.1 Å². The van der Waals surface area contributed by atoms with Crippen LogP contribution in [0.3, 0.4) is 0 Å². The van der Waals surface area contributed by atoms with Crippen LogP contribution in [0.2, 0.25) is 0 Å². The van der Waals surface area contributed by atoms with Crippen LogP contribution in [0.4, 0.5) is 10.5 Å². The number of para-hydroxylation sites is 1. The van der Waals surface area contributed by atoms with Crippen molar-refractivity contribution in [3.05, 3.63) is 53.1 Å². The third-order valence-electron chi connectivity index (χ3n) is 7.70. The minimum atomic E-state index is -1.15. The summed E-state index contributed by atoms with van der Waals surface area (Å²) >= 11 is 0. The summed E-state index contributed by atoms with van der Waals surface area (Å²) in [4.78, 5) is 29.3. The molecule has 2 N–H and O–H groups in total. The molecule has 2 heterocycles. The van der Waals surface area contributed by atoms with Crippen molar-refractivity contribution in [3.63, 3.8) is 0 Å². The second kappa shape index (κ2) is 9.10. The number of carbonyl (C=O) groups excluding carboxylic acids is 2. The molecule has 3 amide bonds. The number of amides is 3. The van der Waals surface area contributed by atoms with Gasteiger partial charge in [0.25, 0.3) is 0 Å². The van der Waals surface area contributed by atoms with Crippen LogP contribution < -0.4 is 20.1 Å². The molecule has 7 heteroatoms. The number of fused-ring (bicyclic) bond motifs is 4. The first kappa shape index (κ1) is 23.5. The van der Waals surface area contributed by atoms with Crippen LogP contribution in [-0.2, 0) is 4.79 Å². The first-order valence-electron chi connectivity index (χ1n) is 12.8. The minimum absolute atomic E-state index is 0.0203. The molecule has 2 aromatic rings. The van der Waals surface area contributed by atoms with Crippen LogP contribution in [0.15, 0.2) is 36.4 Å². The molecule has 1 saturated heterocycles. The maximum atomic E-state index is 14.0. The highest BCUT2D eigenvalue weighted by Crippen LogP contribution is 2.52. The number of aryl methyl sites for hydroxylation is 2. The van der Waals surface area contributed by atoms with Gasteiger partial charge in [0.2, 0.25) is 5.91 Å². The van der Waals surface area contributed by atoms with Crippen molar-refractivity contribution in [1.82, 2.24) is 10.2 Å². The first-order valence-corrected chi connectivity index (χ1v) is 12.8. The molecule has 2 aromatic carbocycles. The number of anilines is 1. The number of hydrogen-bond acceptors (Lipinski definition) is 4. The normalized spacial score (nSPS) is 25.8. The molecule has 0 radical (unpaired) electrons. The molecule has 1 saturated carbocycles. The largest absolute Gasteiger partial charge is 0.490 e. The van der Waals surface area contributed by atoms with Crippen molar-refractivity contribution in [2.75, 3.05) is 11.9 Å². The van der Waals surface area contributed by atoms with E-state index >= 15 is 0 Å². The molecule has 1 aliphatic carbocycles. The molecular formula is C28H35N3O4. The first-order chi connectivity index (χ1) is 16.8. The predicted molar refractivity (Wildman–Crippen MR) is 135 cm³/mol. The highest BCUT2D eigenvalue weighted by Gasteiger charge is 2.61. The van der Waals surface area contributed by atoms with Gasteiger partial charge < -0.3 is 20.1 Å². The van der Waals surface area contributed by atoms with Crippen molar-refractivity contribution in [2.45, 2.75) is 77.6 Å². The van der Waals surface area contributed by atoms with E-state index in [1.807, 2.05) is 58.0 Å². The molecule has 0 spiro atoms. The van der Waals surface area contributed by atoms with E-state index < -0.39 is 17.7 Å². The molecular weight excluding hydrogens is 442 g/mol. The molecule has 35 heavy (non-hydrogen) atoms. The average Bonchev–Trinajstić information content (AvgIpc) is 2.82. The Bertz CT molecular complexity index is 1140. The molecule has 0 unspecified atom stereocenters. The summed E-state index contributed by atoms with van der Waals surface area (Å²) in [6.45, 7) is 8.34. The van der Waals surface area contributed by atoms with E-state index in [4.69, 9.17) is 9.47 Å². The number of rotatable bonds is 5. The monoisotopic (exact) mass is 477 g/mol. The van der Waals surface area contributed by atoms with Gasteiger partial charge in [-0.2, -0.15) is 0 Å². The SMILES string of the molecule is CCOc1cccc2c1O[C@]1(C)[C@@H](C(=O)Nc3ccc(C)cc3C)[C@@H]2NC(=O)N1C1CCCCC1. The topological polar surface area (TPSA) is 79.9 Å². The van der Waals surface area contributed by atoms with Gasteiger partial charge in [-0.05, 0) is 58.2 Å². The minimum Gasteiger partial charge on any atom is -0.490 e. The van der Waals surface area contributed by atoms with E-state index in [1.165, 1.54) is 6.42 Å². The quantitative estimate of drug-likeness (QED) is 0.599. The average molecular weight is 478 g/mol. The third-order valence-corrected chi connectivity index (χ3v) is 7.70. The lowest BCUT2D eigenvalue weighted by atomic mass is 9.77. The lowest BCUT2D eigenvalue weighted by Gasteiger charge is -2.57. The summed E-state index contributed by atoms with van der Waals surface area (Å²) < 4.78 is 12.6. The van der Waals surface area contributed by atoms with Gasteiger partial charge in [0.1, 0.15) is 5.92 Å². The second-order valence-corrected chi connectivity index (χ2v) is 10.1. The van der Waals surface area contributed by atoms with E-state index in [0.29, 0.717) is 18.1 Å². The Morgan fingerprint density at radius 3 is 2.69 bits per heavy atom. The Morgan fingerprint density at radius 2 is 1.97 bits per heavy atom. The van der Waals surface area contributed by atoms with Gasteiger partial charge in [-0.3, -0.25) is 9.69 Å². The smallest absolute Gasteiger partial charge is 0.321 e. The highest BCUT2D eigenvalue weighted by molar-refractivity contribution is 5.97. The predicted octanol–water partition coefficient (Wildman–Crippen LogP) is 5.46. The summed E-state index contributed by atoms with van der Waals surface area (Å²) in [6, 6.07) is 11.0. The van der Waals surface area contributed by atoms with E-state index in [2.05, 4.69) is 16.7 Å². The number of benzene rings is 2. The van der Waals surface area contributed by atoms with Gasteiger partial charge in [0, 0.05) is 17.3 Å². The van der Waals surface area contributed by atoms with Crippen molar-refractivity contribution in [2.24, 2.45) is 5.92 Å². The van der Waals surface area contributed by atoms with Gasteiger partial charge in [-0.25, -0.2) is 4.79 Å². The fourth-order valence-electron chi connectivity index (χ4n) is 6.11. The lowest BCUT2D eigenvalue weighted by Crippen LogP contribution is -2.73. The molecule has 3 atom stereocenters. The maximum absolute atomic E-state index is 14.0. The number of ether oxygens (including phenoxy) is 2. The van der Waals surface area contributed by atoms with Crippen LogP contribution >= 0.6 is 0 Å².